The monoisotopic (exact) mass is 480 g/mol. The molecule has 0 aromatic heterocycles. The smallest absolute Gasteiger partial charge is 0.257 e. The number of ether oxygens (including phenoxy) is 1. The van der Waals surface area contributed by atoms with Gasteiger partial charge in [-0.2, -0.15) is 0 Å². The molecule has 0 bridgehead atoms. The van der Waals surface area contributed by atoms with Gasteiger partial charge in [0, 0.05) is 35.6 Å². The van der Waals surface area contributed by atoms with Gasteiger partial charge < -0.3 is 10.1 Å². The molecule has 1 amide bonds. The van der Waals surface area contributed by atoms with Gasteiger partial charge in [-0.1, -0.05) is 28.1 Å². The lowest BCUT2D eigenvalue weighted by atomic mass is 9.82. The molecule has 0 saturated carbocycles. The predicted octanol–water partition coefficient (Wildman–Crippen LogP) is 5.72. The van der Waals surface area contributed by atoms with Crippen molar-refractivity contribution in [3.8, 4) is 5.75 Å². The lowest BCUT2D eigenvalue weighted by Gasteiger charge is -2.44. The van der Waals surface area contributed by atoms with Crippen molar-refractivity contribution in [3.05, 3.63) is 57.1 Å². The molecule has 0 aliphatic carbocycles. The maximum absolute atomic E-state index is 14.2. The summed E-state index contributed by atoms with van der Waals surface area (Å²) < 4.78 is 34.8. The number of hydrogen-bond donors (Lipinski definition) is 1. The average molecular weight is 481 g/mol. The van der Waals surface area contributed by atoms with Gasteiger partial charge in [-0.15, -0.1) is 0 Å². The summed E-state index contributed by atoms with van der Waals surface area (Å²) in [5, 5.41) is 2.87. The molecule has 1 heterocycles. The number of hydrogen-bond acceptors (Lipinski definition) is 3. The summed E-state index contributed by atoms with van der Waals surface area (Å²) in [5.41, 5.74) is 4.61. The second-order valence-corrected chi connectivity index (χ2v) is 8.99. The Morgan fingerprint density at radius 1 is 1.30 bits per heavy atom. The highest BCUT2D eigenvalue weighted by molar-refractivity contribution is 9.10. The maximum atomic E-state index is 14.2. The molecule has 7 heteroatoms. The van der Waals surface area contributed by atoms with Crippen molar-refractivity contribution in [2.75, 3.05) is 19.0 Å². The van der Waals surface area contributed by atoms with Crippen molar-refractivity contribution >= 4 is 27.5 Å². The SMILES string of the molecule is COc1cc(Br)ccc1[C@@H]1c2ccc(NC(C)=O)c(C)c2C[C@@H](C)N1CC(C)(F)F. The number of anilines is 1. The van der Waals surface area contributed by atoms with Crippen LogP contribution in [0.15, 0.2) is 34.8 Å². The highest BCUT2D eigenvalue weighted by Crippen LogP contribution is 2.44. The Morgan fingerprint density at radius 3 is 2.57 bits per heavy atom. The molecule has 3 rings (SSSR count). The van der Waals surface area contributed by atoms with Crippen LogP contribution >= 0.6 is 15.9 Å². The molecule has 0 unspecified atom stereocenters. The summed E-state index contributed by atoms with van der Waals surface area (Å²) in [7, 11) is 1.59. The van der Waals surface area contributed by atoms with Crippen LogP contribution in [0.4, 0.5) is 14.5 Å². The predicted molar refractivity (Wildman–Crippen MR) is 119 cm³/mol. The van der Waals surface area contributed by atoms with Gasteiger partial charge in [0.2, 0.25) is 5.91 Å². The van der Waals surface area contributed by atoms with Crippen LogP contribution in [0.2, 0.25) is 0 Å². The van der Waals surface area contributed by atoms with E-state index >= 15 is 0 Å². The number of methoxy groups -OCH3 is 1. The number of benzene rings is 2. The zero-order valence-electron chi connectivity index (χ0n) is 17.9. The Hall–Kier alpha value is -1.99. The van der Waals surface area contributed by atoms with Crippen LogP contribution in [0.5, 0.6) is 5.75 Å². The highest BCUT2D eigenvalue weighted by Gasteiger charge is 2.40. The minimum atomic E-state index is -2.84. The van der Waals surface area contributed by atoms with E-state index < -0.39 is 5.92 Å². The molecule has 30 heavy (non-hydrogen) atoms. The first-order valence-electron chi connectivity index (χ1n) is 9.88. The van der Waals surface area contributed by atoms with E-state index in [9.17, 15) is 13.6 Å². The number of fused-ring (bicyclic) bond motifs is 1. The molecule has 2 atom stereocenters. The zero-order chi connectivity index (χ0) is 22.2. The first kappa shape index (κ1) is 22.7. The highest BCUT2D eigenvalue weighted by atomic mass is 79.9. The first-order valence-corrected chi connectivity index (χ1v) is 10.7. The van der Waals surface area contributed by atoms with Crippen LogP contribution in [0.25, 0.3) is 0 Å². The van der Waals surface area contributed by atoms with E-state index in [4.69, 9.17) is 4.74 Å². The normalized spacial score (nSPS) is 19.3. The zero-order valence-corrected chi connectivity index (χ0v) is 19.4. The van der Waals surface area contributed by atoms with Crippen LogP contribution in [0, 0.1) is 6.92 Å². The molecule has 0 fully saturated rings. The summed E-state index contributed by atoms with van der Waals surface area (Å²) in [6.07, 6.45) is 0.625. The van der Waals surface area contributed by atoms with E-state index in [1.807, 2.05) is 49.1 Å². The van der Waals surface area contributed by atoms with Gasteiger partial charge in [-0.05, 0) is 55.2 Å². The molecule has 1 aliphatic rings. The van der Waals surface area contributed by atoms with Gasteiger partial charge in [-0.3, -0.25) is 9.69 Å². The molecule has 1 aliphatic heterocycles. The Balaban J connectivity index is 2.21. The van der Waals surface area contributed by atoms with Gasteiger partial charge in [0.25, 0.3) is 5.92 Å². The van der Waals surface area contributed by atoms with Gasteiger partial charge in [-0.25, -0.2) is 8.78 Å². The first-order chi connectivity index (χ1) is 14.0. The van der Waals surface area contributed by atoms with Crippen LogP contribution in [-0.2, 0) is 11.2 Å². The van der Waals surface area contributed by atoms with Gasteiger partial charge in [0.05, 0.1) is 19.7 Å². The van der Waals surface area contributed by atoms with Crippen LogP contribution in [0.1, 0.15) is 49.1 Å². The minimum Gasteiger partial charge on any atom is -0.496 e. The molecular weight excluding hydrogens is 454 g/mol. The van der Waals surface area contributed by atoms with Gasteiger partial charge in [0.1, 0.15) is 5.75 Å². The number of carbonyl (C=O) groups excluding carboxylic acids is 1. The topological polar surface area (TPSA) is 41.6 Å². The van der Waals surface area contributed by atoms with Crippen LogP contribution < -0.4 is 10.1 Å². The summed E-state index contributed by atoms with van der Waals surface area (Å²) in [4.78, 5) is 13.4. The van der Waals surface area contributed by atoms with E-state index in [1.165, 1.54) is 6.92 Å². The summed E-state index contributed by atoms with van der Waals surface area (Å²) in [5.74, 6) is -2.33. The Kier molecular flexibility index (Phi) is 6.53. The van der Waals surface area contributed by atoms with E-state index in [1.54, 1.807) is 7.11 Å². The van der Waals surface area contributed by atoms with Crippen molar-refractivity contribution in [1.82, 2.24) is 4.90 Å². The van der Waals surface area contributed by atoms with Crippen molar-refractivity contribution in [3.63, 3.8) is 0 Å². The number of nitrogens with one attached hydrogen (secondary N) is 1. The Bertz CT molecular complexity index is 959. The molecule has 1 N–H and O–H groups in total. The summed E-state index contributed by atoms with van der Waals surface area (Å²) in [6.45, 7) is 6.01. The summed E-state index contributed by atoms with van der Waals surface area (Å²) in [6, 6.07) is 8.97. The molecule has 0 radical (unpaired) electrons. The van der Waals surface area contributed by atoms with Crippen molar-refractivity contribution in [2.45, 2.75) is 52.1 Å². The fourth-order valence-corrected chi connectivity index (χ4v) is 4.64. The molecule has 4 nitrogen and oxygen atoms in total. The number of amides is 1. The second kappa shape index (κ2) is 8.63. The number of nitrogens with zero attached hydrogens (tertiary/aromatic N) is 1. The third kappa shape index (κ3) is 4.67. The standard InChI is InChI=1S/C23H27BrF2N2O2/c1-13-10-19-14(2)20(27-15(3)29)9-8-17(19)22(28(13)12-23(4,25)26)18-7-6-16(24)11-21(18)30-5/h6-9,11,13,22H,10,12H2,1-5H3,(H,27,29)/t13-,22+/m1/s1. The number of rotatable bonds is 5. The minimum absolute atomic E-state index is 0.118. The fourth-order valence-electron chi connectivity index (χ4n) is 4.30. The quantitative estimate of drug-likeness (QED) is 0.595. The maximum Gasteiger partial charge on any atom is 0.257 e. The summed E-state index contributed by atoms with van der Waals surface area (Å²) >= 11 is 3.46. The Labute approximate surface area is 184 Å². The van der Waals surface area contributed by atoms with Crippen molar-refractivity contribution in [2.24, 2.45) is 0 Å². The van der Waals surface area contributed by atoms with Gasteiger partial charge in [0.15, 0.2) is 0 Å². The lowest BCUT2D eigenvalue weighted by molar-refractivity contribution is -0.114. The van der Waals surface area contributed by atoms with Crippen LogP contribution in [-0.4, -0.2) is 36.4 Å². The van der Waals surface area contributed by atoms with Crippen molar-refractivity contribution in [1.29, 1.82) is 0 Å². The molecule has 0 saturated heterocycles. The molecule has 2 aromatic rings. The number of halogens is 3. The van der Waals surface area contributed by atoms with E-state index in [0.29, 0.717) is 12.2 Å². The second-order valence-electron chi connectivity index (χ2n) is 8.07. The largest absolute Gasteiger partial charge is 0.496 e. The molecule has 162 valence electrons. The third-order valence-corrected chi connectivity index (χ3v) is 6.08. The number of alkyl halides is 2. The molecule has 0 spiro atoms. The third-order valence-electron chi connectivity index (χ3n) is 5.59. The van der Waals surface area contributed by atoms with E-state index in [-0.39, 0.29) is 24.5 Å². The molecular formula is C23H27BrF2N2O2. The number of carbonyl (C=O) groups is 1. The average Bonchev–Trinajstić information content (AvgIpc) is 2.64. The lowest BCUT2D eigenvalue weighted by Crippen LogP contribution is -2.47. The van der Waals surface area contributed by atoms with E-state index in [2.05, 4.69) is 21.2 Å². The Morgan fingerprint density at radius 2 is 1.97 bits per heavy atom. The fraction of sp³-hybridized carbons (Fsp3) is 0.435. The van der Waals surface area contributed by atoms with E-state index in [0.717, 1.165) is 39.3 Å². The van der Waals surface area contributed by atoms with Crippen molar-refractivity contribution < 1.29 is 18.3 Å². The molecule has 2 aromatic carbocycles. The van der Waals surface area contributed by atoms with Gasteiger partial charge >= 0.3 is 0 Å². The van der Waals surface area contributed by atoms with Crippen LogP contribution in [0.3, 0.4) is 0 Å².